The van der Waals surface area contributed by atoms with Gasteiger partial charge in [0.25, 0.3) is 9.05 Å². The van der Waals surface area contributed by atoms with Crippen molar-refractivity contribution in [1.82, 2.24) is 9.78 Å². The van der Waals surface area contributed by atoms with Gasteiger partial charge >= 0.3 is 0 Å². The predicted octanol–water partition coefficient (Wildman–Crippen LogP) is 2.35. The van der Waals surface area contributed by atoms with Gasteiger partial charge in [0.05, 0.1) is 5.69 Å². The molecule has 14 heavy (non-hydrogen) atoms. The summed E-state index contributed by atoms with van der Waals surface area (Å²) >= 11 is 5.85. The van der Waals surface area contributed by atoms with E-state index in [2.05, 4.69) is 5.10 Å². The molecule has 0 aromatic carbocycles. The van der Waals surface area contributed by atoms with E-state index in [4.69, 9.17) is 22.3 Å². The largest absolute Gasteiger partial charge is 0.266 e. The molecule has 0 atom stereocenters. The third kappa shape index (κ3) is 2.04. The first kappa shape index (κ1) is 11.8. The number of hydrogen-bond donors (Lipinski definition) is 0. The van der Waals surface area contributed by atoms with Crippen molar-refractivity contribution < 1.29 is 8.42 Å². The molecule has 80 valence electrons. The van der Waals surface area contributed by atoms with E-state index in [1.54, 1.807) is 6.92 Å². The molecular weight excluding hydrogens is 247 g/mol. The van der Waals surface area contributed by atoms with Gasteiger partial charge in [-0.15, -0.1) is 0 Å². The Morgan fingerprint density at radius 1 is 1.43 bits per heavy atom. The van der Waals surface area contributed by atoms with Crippen LogP contribution in [0.4, 0.5) is 0 Å². The number of aromatic nitrogens is 2. The van der Waals surface area contributed by atoms with Crippen molar-refractivity contribution in [2.24, 2.45) is 0 Å². The van der Waals surface area contributed by atoms with Gasteiger partial charge in [0, 0.05) is 16.7 Å². The molecule has 0 saturated carbocycles. The number of rotatable bonds is 2. The Hall–Kier alpha value is -0.260. The minimum Gasteiger partial charge on any atom is -0.250 e. The van der Waals surface area contributed by atoms with Gasteiger partial charge in [0.2, 0.25) is 0 Å². The molecule has 0 fully saturated rings. The van der Waals surface area contributed by atoms with Crippen molar-refractivity contribution >= 4 is 31.3 Å². The van der Waals surface area contributed by atoms with E-state index in [-0.39, 0.29) is 16.1 Å². The Bertz CT molecular complexity index is 451. The van der Waals surface area contributed by atoms with E-state index in [1.807, 2.05) is 13.8 Å². The van der Waals surface area contributed by atoms with E-state index >= 15 is 0 Å². The fourth-order valence-corrected chi connectivity index (χ4v) is 3.16. The van der Waals surface area contributed by atoms with Crippen molar-refractivity contribution in [2.75, 3.05) is 0 Å². The number of aryl methyl sites for hydroxylation is 1. The second kappa shape index (κ2) is 3.72. The zero-order valence-corrected chi connectivity index (χ0v) is 10.3. The average Bonchev–Trinajstić information content (AvgIpc) is 2.24. The van der Waals surface area contributed by atoms with Gasteiger partial charge in [0.15, 0.2) is 0 Å². The lowest BCUT2D eigenvalue weighted by Gasteiger charge is -2.05. The lowest BCUT2D eigenvalue weighted by atomic mass is 10.4. The van der Waals surface area contributed by atoms with Crippen LogP contribution in [0.25, 0.3) is 0 Å². The van der Waals surface area contributed by atoms with Gasteiger partial charge in [-0.05, 0) is 20.8 Å². The SMILES string of the molecule is Cc1nn(C(C)C)c(Cl)c1S(=O)(=O)Cl. The molecule has 1 rings (SSSR count). The van der Waals surface area contributed by atoms with Gasteiger partial charge in [-0.2, -0.15) is 5.10 Å². The quantitative estimate of drug-likeness (QED) is 0.764. The second-order valence-corrected chi connectivity index (χ2v) is 6.04. The van der Waals surface area contributed by atoms with Crippen LogP contribution in [-0.4, -0.2) is 18.2 Å². The monoisotopic (exact) mass is 256 g/mol. The van der Waals surface area contributed by atoms with E-state index in [0.717, 1.165) is 0 Å². The average molecular weight is 257 g/mol. The highest BCUT2D eigenvalue weighted by molar-refractivity contribution is 8.13. The third-order valence-corrected chi connectivity index (χ3v) is 3.62. The molecule has 0 aliphatic carbocycles. The van der Waals surface area contributed by atoms with E-state index < -0.39 is 9.05 Å². The van der Waals surface area contributed by atoms with Gasteiger partial charge < -0.3 is 0 Å². The minimum atomic E-state index is -3.82. The Morgan fingerprint density at radius 3 is 2.14 bits per heavy atom. The van der Waals surface area contributed by atoms with Crippen molar-refractivity contribution in [3.63, 3.8) is 0 Å². The van der Waals surface area contributed by atoms with Crippen LogP contribution in [-0.2, 0) is 9.05 Å². The summed E-state index contributed by atoms with van der Waals surface area (Å²) in [5.74, 6) is 0. The molecule has 7 heteroatoms. The summed E-state index contributed by atoms with van der Waals surface area (Å²) in [4.78, 5) is -0.102. The smallest absolute Gasteiger partial charge is 0.250 e. The molecule has 0 amide bonds. The highest BCUT2D eigenvalue weighted by Gasteiger charge is 2.24. The van der Waals surface area contributed by atoms with Crippen LogP contribution in [0.2, 0.25) is 5.15 Å². The summed E-state index contributed by atoms with van der Waals surface area (Å²) in [6.45, 7) is 5.26. The maximum atomic E-state index is 11.1. The van der Waals surface area contributed by atoms with Crippen LogP contribution in [0, 0.1) is 6.92 Å². The Morgan fingerprint density at radius 2 is 1.93 bits per heavy atom. The van der Waals surface area contributed by atoms with Gasteiger partial charge in [-0.1, -0.05) is 11.6 Å². The summed E-state index contributed by atoms with van der Waals surface area (Å²) in [5, 5.41) is 4.06. The Labute approximate surface area is 92.2 Å². The van der Waals surface area contributed by atoms with Crippen LogP contribution >= 0.6 is 22.3 Å². The summed E-state index contributed by atoms with van der Waals surface area (Å²) in [5.41, 5.74) is 0.318. The van der Waals surface area contributed by atoms with Crippen molar-refractivity contribution in [3.8, 4) is 0 Å². The van der Waals surface area contributed by atoms with Crippen molar-refractivity contribution in [1.29, 1.82) is 0 Å². The second-order valence-electron chi connectivity index (χ2n) is 3.18. The van der Waals surface area contributed by atoms with E-state index in [0.29, 0.717) is 5.69 Å². The molecular formula is C7H10Cl2N2O2S. The molecule has 0 unspecified atom stereocenters. The molecule has 0 radical (unpaired) electrons. The molecule has 1 aromatic heterocycles. The summed E-state index contributed by atoms with van der Waals surface area (Å²) in [6.07, 6.45) is 0. The van der Waals surface area contributed by atoms with Crippen LogP contribution in [0.3, 0.4) is 0 Å². The normalized spacial score (nSPS) is 12.4. The Kier molecular flexibility index (Phi) is 3.13. The zero-order chi connectivity index (χ0) is 11.1. The van der Waals surface area contributed by atoms with Crippen molar-refractivity contribution in [2.45, 2.75) is 31.7 Å². The van der Waals surface area contributed by atoms with Gasteiger partial charge in [-0.25, -0.2) is 13.1 Å². The van der Waals surface area contributed by atoms with E-state index in [9.17, 15) is 8.42 Å². The first-order valence-electron chi connectivity index (χ1n) is 3.94. The molecule has 0 aliphatic rings. The molecule has 0 bridgehead atoms. The highest BCUT2D eigenvalue weighted by Crippen LogP contribution is 2.29. The molecule has 1 heterocycles. The maximum absolute atomic E-state index is 11.1. The standard InChI is InChI=1S/C7H10Cl2N2O2S/c1-4(2)11-7(8)6(5(3)10-11)14(9,12)13/h4H,1-3H3. The maximum Gasteiger partial charge on any atom is 0.266 e. The number of nitrogens with zero attached hydrogens (tertiary/aromatic N) is 2. The summed E-state index contributed by atoms with van der Waals surface area (Å²) < 4.78 is 23.7. The van der Waals surface area contributed by atoms with Crippen molar-refractivity contribution in [3.05, 3.63) is 10.8 Å². The lowest BCUT2D eigenvalue weighted by Crippen LogP contribution is -2.03. The van der Waals surface area contributed by atoms with Crippen LogP contribution in [0.15, 0.2) is 4.90 Å². The number of halogens is 2. The first-order valence-corrected chi connectivity index (χ1v) is 6.63. The predicted molar refractivity (Wildman–Crippen MR) is 55.4 cm³/mol. The van der Waals surface area contributed by atoms with Gasteiger partial charge in [-0.3, -0.25) is 0 Å². The summed E-state index contributed by atoms with van der Waals surface area (Å²) in [7, 11) is 1.40. The first-order chi connectivity index (χ1) is 6.25. The highest BCUT2D eigenvalue weighted by atomic mass is 35.7. The van der Waals surface area contributed by atoms with E-state index in [1.165, 1.54) is 4.68 Å². The van der Waals surface area contributed by atoms with Gasteiger partial charge in [0.1, 0.15) is 10.0 Å². The number of hydrogen-bond acceptors (Lipinski definition) is 3. The lowest BCUT2D eigenvalue weighted by molar-refractivity contribution is 0.529. The Balaban J connectivity index is 3.48. The fraction of sp³-hybridized carbons (Fsp3) is 0.571. The molecule has 0 aliphatic heterocycles. The van der Waals surface area contributed by atoms with Crippen LogP contribution in [0.1, 0.15) is 25.6 Å². The molecule has 1 aromatic rings. The molecule has 0 saturated heterocycles. The minimum absolute atomic E-state index is 0.00614. The summed E-state index contributed by atoms with van der Waals surface area (Å²) in [6, 6.07) is -0.00614. The topological polar surface area (TPSA) is 52.0 Å². The molecule has 0 spiro atoms. The van der Waals surface area contributed by atoms with Crippen LogP contribution in [0.5, 0.6) is 0 Å². The fourth-order valence-electron chi connectivity index (χ4n) is 1.12. The zero-order valence-electron chi connectivity index (χ0n) is 7.95. The van der Waals surface area contributed by atoms with Crippen LogP contribution < -0.4 is 0 Å². The molecule has 4 nitrogen and oxygen atoms in total. The third-order valence-electron chi connectivity index (χ3n) is 1.71. The molecule has 0 N–H and O–H groups in total.